The highest BCUT2D eigenvalue weighted by atomic mass is 16.3. The first kappa shape index (κ1) is 16.2. The van der Waals surface area contributed by atoms with Gasteiger partial charge in [-0.3, -0.25) is 9.78 Å². The third-order valence-corrected chi connectivity index (χ3v) is 4.28. The zero-order valence-electron chi connectivity index (χ0n) is 14.1. The van der Waals surface area contributed by atoms with Gasteiger partial charge in [0.2, 0.25) is 5.91 Å². The van der Waals surface area contributed by atoms with Gasteiger partial charge in [-0.25, -0.2) is 0 Å². The molecular formula is C20H22N2O2. The van der Waals surface area contributed by atoms with Crippen LogP contribution in [0.1, 0.15) is 28.8 Å². The van der Waals surface area contributed by atoms with Crippen LogP contribution in [-0.2, 0) is 17.6 Å². The Labute approximate surface area is 141 Å². The van der Waals surface area contributed by atoms with E-state index < -0.39 is 0 Å². The molecule has 1 N–H and O–H groups in total. The van der Waals surface area contributed by atoms with Gasteiger partial charge in [-0.05, 0) is 62.1 Å². The highest BCUT2D eigenvalue weighted by molar-refractivity contribution is 5.88. The number of pyridine rings is 1. The van der Waals surface area contributed by atoms with Gasteiger partial charge in [-0.15, -0.1) is 0 Å². The zero-order chi connectivity index (χ0) is 16.9. The largest absolute Gasteiger partial charge is 0.464 e. The predicted octanol–water partition coefficient (Wildman–Crippen LogP) is 3.74. The lowest BCUT2D eigenvalue weighted by Gasteiger charge is -2.05. The second kappa shape index (κ2) is 7.30. The molecule has 2 aromatic heterocycles. The van der Waals surface area contributed by atoms with Crippen LogP contribution in [0.3, 0.4) is 0 Å². The molecule has 124 valence electrons. The molecule has 4 nitrogen and oxygen atoms in total. The molecule has 0 saturated carbocycles. The van der Waals surface area contributed by atoms with E-state index in [2.05, 4.69) is 30.2 Å². The van der Waals surface area contributed by atoms with E-state index in [0.29, 0.717) is 13.0 Å². The molecule has 0 bridgehead atoms. The summed E-state index contributed by atoms with van der Waals surface area (Å²) in [5, 5.41) is 4.00. The smallest absolute Gasteiger partial charge is 0.224 e. The molecule has 0 unspecified atom stereocenters. The molecule has 0 spiro atoms. The first-order valence-electron chi connectivity index (χ1n) is 8.27. The number of benzene rings is 1. The molecule has 0 aliphatic heterocycles. The highest BCUT2D eigenvalue weighted by Gasteiger charge is 2.11. The van der Waals surface area contributed by atoms with E-state index in [-0.39, 0.29) is 5.91 Å². The summed E-state index contributed by atoms with van der Waals surface area (Å²) in [4.78, 5) is 16.4. The fourth-order valence-corrected chi connectivity index (χ4v) is 2.75. The van der Waals surface area contributed by atoms with E-state index in [1.165, 1.54) is 11.1 Å². The highest BCUT2D eigenvalue weighted by Crippen LogP contribution is 2.25. The number of hydrogen-bond acceptors (Lipinski definition) is 3. The van der Waals surface area contributed by atoms with Crippen LogP contribution in [-0.4, -0.2) is 17.4 Å². The lowest BCUT2D eigenvalue weighted by atomic mass is 10.0. The lowest BCUT2D eigenvalue weighted by molar-refractivity contribution is -0.120. The molecule has 4 heteroatoms. The van der Waals surface area contributed by atoms with Gasteiger partial charge in [0, 0.05) is 29.4 Å². The summed E-state index contributed by atoms with van der Waals surface area (Å²) in [6.07, 6.45) is 5.58. The van der Waals surface area contributed by atoms with Crippen molar-refractivity contribution in [3.63, 3.8) is 0 Å². The predicted molar refractivity (Wildman–Crippen MR) is 95.0 cm³/mol. The molecule has 3 rings (SSSR count). The molecule has 1 amide bonds. The molecule has 0 aliphatic carbocycles. The number of carbonyl (C=O) groups excluding carboxylic acids is 1. The van der Waals surface area contributed by atoms with Gasteiger partial charge in [0.1, 0.15) is 5.58 Å². The molecule has 0 aliphatic rings. The van der Waals surface area contributed by atoms with Crippen molar-refractivity contribution in [1.29, 1.82) is 0 Å². The minimum Gasteiger partial charge on any atom is -0.464 e. The van der Waals surface area contributed by atoms with Crippen molar-refractivity contribution < 1.29 is 9.21 Å². The Morgan fingerprint density at radius 1 is 1.21 bits per heavy atom. The number of aromatic nitrogens is 1. The molecular weight excluding hydrogens is 300 g/mol. The zero-order valence-corrected chi connectivity index (χ0v) is 14.1. The summed E-state index contributed by atoms with van der Waals surface area (Å²) in [5.41, 5.74) is 5.24. The minimum atomic E-state index is 0.0250. The van der Waals surface area contributed by atoms with E-state index in [4.69, 9.17) is 4.42 Å². The number of aryl methyl sites for hydroxylation is 3. The van der Waals surface area contributed by atoms with E-state index in [1.54, 1.807) is 12.5 Å². The van der Waals surface area contributed by atoms with E-state index in [1.807, 2.05) is 24.3 Å². The summed E-state index contributed by atoms with van der Waals surface area (Å²) in [5.74, 6) is 0.0250. The Balaban J connectivity index is 1.53. The summed E-state index contributed by atoms with van der Waals surface area (Å²) in [6, 6.07) is 10.0. The van der Waals surface area contributed by atoms with Crippen molar-refractivity contribution in [2.75, 3.05) is 6.54 Å². The summed E-state index contributed by atoms with van der Waals surface area (Å²) >= 11 is 0. The lowest BCUT2D eigenvalue weighted by Crippen LogP contribution is -2.26. The quantitative estimate of drug-likeness (QED) is 0.703. The van der Waals surface area contributed by atoms with Crippen LogP contribution >= 0.6 is 0 Å². The number of fused-ring (bicyclic) bond motifs is 1. The Bertz CT molecular complexity index is 837. The summed E-state index contributed by atoms with van der Waals surface area (Å²) < 4.78 is 5.58. The van der Waals surface area contributed by atoms with Crippen LogP contribution in [0.2, 0.25) is 0 Å². The normalized spacial score (nSPS) is 10.9. The van der Waals surface area contributed by atoms with Crippen molar-refractivity contribution in [3.8, 4) is 0 Å². The third kappa shape index (κ3) is 3.82. The molecule has 24 heavy (non-hydrogen) atoms. The Hall–Kier alpha value is -2.62. The van der Waals surface area contributed by atoms with Gasteiger partial charge in [-0.1, -0.05) is 6.07 Å². The van der Waals surface area contributed by atoms with Crippen LogP contribution in [0.5, 0.6) is 0 Å². The van der Waals surface area contributed by atoms with Crippen LogP contribution in [0, 0.1) is 13.8 Å². The topological polar surface area (TPSA) is 55.1 Å². The first-order chi connectivity index (χ1) is 11.6. The van der Waals surface area contributed by atoms with Gasteiger partial charge in [0.15, 0.2) is 0 Å². The van der Waals surface area contributed by atoms with Crippen molar-refractivity contribution in [2.45, 2.75) is 33.1 Å². The van der Waals surface area contributed by atoms with E-state index >= 15 is 0 Å². The fraction of sp³-hybridized carbons (Fsp3) is 0.300. The number of hydrogen-bond donors (Lipinski definition) is 1. The average Bonchev–Trinajstić information content (AvgIpc) is 2.95. The third-order valence-electron chi connectivity index (χ3n) is 4.28. The first-order valence-corrected chi connectivity index (χ1v) is 8.27. The number of nitrogens with one attached hydrogen (secondary N) is 1. The number of nitrogens with zero attached hydrogens (tertiary/aromatic N) is 1. The Morgan fingerprint density at radius 2 is 2.04 bits per heavy atom. The van der Waals surface area contributed by atoms with Crippen LogP contribution in [0.4, 0.5) is 0 Å². The van der Waals surface area contributed by atoms with E-state index in [0.717, 1.165) is 35.1 Å². The van der Waals surface area contributed by atoms with Crippen molar-refractivity contribution >= 4 is 16.9 Å². The molecule has 0 radical (unpaired) electrons. The monoisotopic (exact) mass is 322 g/mol. The number of amides is 1. The maximum Gasteiger partial charge on any atom is 0.224 e. The van der Waals surface area contributed by atoms with Crippen LogP contribution in [0.25, 0.3) is 11.0 Å². The Morgan fingerprint density at radius 3 is 2.83 bits per heavy atom. The van der Waals surface area contributed by atoms with Gasteiger partial charge >= 0.3 is 0 Å². The van der Waals surface area contributed by atoms with Crippen LogP contribution in [0.15, 0.2) is 47.2 Å². The van der Waals surface area contributed by atoms with Gasteiger partial charge in [0.25, 0.3) is 0 Å². The number of rotatable bonds is 6. The SMILES string of the molecule is Cc1cc2occ(CC(=O)NCCCc3ccccn3)c2cc1C. The fourth-order valence-electron chi connectivity index (χ4n) is 2.75. The second-order valence-corrected chi connectivity index (χ2v) is 6.14. The number of furan rings is 1. The summed E-state index contributed by atoms with van der Waals surface area (Å²) in [7, 11) is 0. The van der Waals surface area contributed by atoms with Crippen molar-refractivity contribution in [3.05, 3.63) is 65.2 Å². The summed E-state index contributed by atoms with van der Waals surface area (Å²) in [6.45, 7) is 4.79. The molecule has 1 aromatic carbocycles. The number of carbonyl (C=O) groups is 1. The molecule has 0 atom stereocenters. The van der Waals surface area contributed by atoms with E-state index in [9.17, 15) is 4.79 Å². The standard InChI is InChI=1S/C20H22N2O2/c1-14-10-18-16(13-24-19(18)11-15(14)2)12-20(23)22-9-5-7-17-6-3-4-8-21-17/h3-4,6,8,10-11,13H,5,7,9,12H2,1-2H3,(H,22,23). The molecule has 0 fully saturated rings. The second-order valence-electron chi connectivity index (χ2n) is 6.14. The maximum absolute atomic E-state index is 12.1. The van der Waals surface area contributed by atoms with Gasteiger partial charge in [0.05, 0.1) is 12.7 Å². The van der Waals surface area contributed by atoms with Gasteiger partial charge in [-0.2, -0.15) is 0 Å². The van der Waals surface area contributed by atoms with Crippen molar-refractivity contribution in [2.24, 2.45) is 0 Å². The Kier molecular flexibility index (Phi) is 4.94. The average molecular weight is 322 g/mol. The molecule has 2 heterocycles. The minimum absolute atomic E-state index is 0.0250. The molecule has 0 saturated heterocycles. The maximum atomic E-state index is 12.1. The van der Waals surface area contributed by atoms with Crippen molar-refractivity contribution in [1.82, 2.24) is 10.3 Å². The van der Waals surface area contributed by atoms with Gasteiger partial charge < -0.3 is 9.73 Å². The van der Waals surface area contributed by atoms with Crippen LogP contribution < -0.4 is 5.32 Å². The molecule has 3 aromatic rings.